The Labute approximate surface area is 171 Å². The molecule has 1 aromatic heterocycles. The molecule has 2 aromatic rings. The number of hydrogen-bond acceptors (Lipinski definition) is 4. The number of nitrogens with one attached hydrogen (secondary N) is 2. The lowest BCUT2D eigenvalue weighted by Crippen LogP contribution is -2.41. The quantitative estimate of drug-likeness (QED) is 0.545. The van der Waals surface area contributed by atoms with Gasteiger partial charge in [-0.1, -0.05) is 0 Å². The first-order valence-electron chi connectivity index (χ1n) is 8.94. The van der Waals surface area contributed by atoms with Crippen LogP contribution >= 0.6 is 15.9 Å². The second-order valence-electron chi connectivity index (χ2n) is 6.49. The van der Waals surface area contributed by atoms with E-state index in [0.29, 0.717) is 18.1 Å². The molecular weight excluding hydrogens is 426 g/mol. The summed E-state index contributed by atoms with van der Waals surface area (Å²) in [5, 5.41) is 0. The number of nitrogens with zero attached hydrogens (tertiary/aromatic N) is 1. The molecule has 0 bridgehead atoms. The molecule has 2 N–H and O–H groups in total. The maximum absolute atomic E-state index is 12.1. The molecule has 8 heteroatoms. The van der Waals surface area contributed by atoms with Gasteiger partial charge in [-0.05, 0) is 54.1 Å². The first-order chi connectivity index (χ1) is 13.4. The van der Waals surface area contributed by atoms with Gasteiger partial charge in [0.2, 0.25) is 0 Å². The minimum atomic E-state index is -0.459. The van der Waals surface area contributed by atoms with Gasteiger partial charge in [-0.2, -0.15) is 0 Å². The van der Waals surface area contributed by atoms with Crippen molar-refractivity contribution in [2.45, 2.75) is 26.4 Å². The molecule has 148 valence electrons. The molecule has 2 heterocycles. The number of aryl methyl sites for hydroxylation is 1. The van der Waals surface area contributed by atoms with E-state index < -0.39 is 11.8 Å². The molecule has 28 heavy (non-hydrogen) atoms. The molecule has 1 unspecified atom stereocenters. The van der Waals surface area contributed by atoms with Crippen molar-refractivity contribution in [3.05, 3.63) is 51.8 Å². The molecule has 0 saturated heterocycles. The first kappa shape index (κ1) is 20.0. The highest BCUT2D eigenvalue weighted by molar-refractivity contribution is 9.10. The Bertz CT molecular complexity index is 936. The molecule has 0 fully saturated rings. The fourth-order valence-corrected chi connectivity index (χ4v) is 3.53. The summed E-state index contributed by atoms with van der Waals surface area (Å²) in [6, 6.07) is 5.49. The molecule has 3 rings (SSSR count). The predicted octanol–water partition coefficient (Wildman–Crippen LogP) is 2.98. The number of carbonyl (C=O) groups excluding carboxylic acids is 2. The SMILES string of the molecule is CCOc1cc2c(cc1/C=C/C(=O)NNC(=O)c1cc(Br)cn1C)OC(C)C2. The third-order valence-electron chi connectivity index (χ3n) is 4.25. The first-order valence-corrected chi connectivity index (χ1v) is 9.73. The fraction of sp³-hybridized carbons (Fsp3) is 0.300. The molecule has 0 saturated carbocycles. The van der Waals surface area contributed by atoms with E-state index in [-0.39, 0.29) is 6.10 Å². The van der Waals surface area contributed by atoms with Crippen molar-refractivity contribution in [1.29, 1.82) is 0 Å². The second kappa shape index (κ2) is 8.52. The third-order valence-corrected chi connectivity index (χ3v) is 4.68. The predicted molar refractivity (Wildman–Crippen MR) is 109 cm³/mol. The van der Waals surface area contributed by atoms with Crippen LogP contribution in [0.15, 0.2) is 34.9 Å². The molecule has 2 amide bonds. The van der Waals surface area contributed by atoms with Gasteiger partial charge in [-0.25, -0.2) is 0 Å². The number of hydrazine groups is 1. The zero-order valence-electron chi connectivity index (χ0n) is 15.9. The monoisotopic (exact) mass is 447 g/mol. The lowest BCUT2D eigenvalue weighted by molar-refractivity contribution is -0.117. The zero-order chi connectivity index (χ0) is 20.3. The van der Waals surface area contributed by atoms with E-state index in [1.807, 2.05) is 26.0 Å². The summed E-state index contributed by atoms with van der Waals surface area (Å²) in [4.78, 5) is 24.2. The molecule has 1 aliphatic rings. The largest absolute Gasteiger partial charge is 0.493 e. The van der Waals surface area contributed by atoms with Crippen molar-refractivity contribution in [1.82, 2.24) is 15.4 Å². The van der Waals surface area contributed by atoms with Crippen molar-refractivity contribution in [2.24, 2.45) is 7.05 Å². The summed E-state index contributed by atoms with van der Waals surface area (Å²) >= 11 is 3.30. The molecule has 0 spiro atoms. The van der Waals surface area contributed by atoms with Gasteiger partial charge in [0, 0.05) is 41.3 Å². The highest BCUT2D eigenvalue weighted by Crippen LogP contribution is 2.35. The summed E-state index contributed by atoms with van der Waals surface area (Å²) in [6.45, 7) is 4.44. The van der Waals surface area contributed by atoms with Crippen molar-refractivity contribution in [2.75, 3.05) is 6.61 Å². The zero-order valence-corrected chi connectivity index (χ0v) is 17.5. The van der Waals surface area contributed by atoms with E-state index in [4.69, 9.17) is 9.47 Å². The van der Waals surface area contributed by atoms with Crippen LogP contribution in [-0.4, -0.2) is 29.1 Å². The van der Waals surface area contributed by atoms with Gasteiger partial charge in [0.05, 0.1) is 6.61 Å². The van der Waals surface area contributed by atoms with E-state index in [1.54, 1.807) is 30.0 Å². The van der Waals surface area contributed by atoms with E-state index in [0.717, 1.165) is 27.8 Å². The lowest BCUT2D eigenvalue weighted by atomic mass is 10.1. The molecule has 1 atom stereocenters. The van der Waals surface area contributed by atoms with Gasteiger partial charge < -0.3 is 14.0 Å². The Morgan fingerprint density at radius 2 is 2.14 bits per heavy atom. The van der Waals surface area contributed by atoms with Gasteiger partial charge in [0.1, 0.15) is 23.3 Å². The standard InChI is InChI=1S/C20H22BrN3O4/c1-4-27-17-9-14-7-12(2)28-18(14)8-13(17)5-6-19(25)22-23-20(26)16-10-15(21)11-24(16)3/h5-6,8-12H,4,7H2,1-3H3,(H,22,25)(H,23,26)/b6-5+. The van der Waals surface area contributed by atoms with Crippen LogP contribution < -0.4 is 20.3 Å². The van der Waals surface area contributed by atoms with Crippen LogP contribution in [0.4, 0.5) is 0 Å². The number of amides is 2. The third kappa shape index (κ3) is 4.56. The van der Waals surface area contributed by atoms with Gasteiger partial charge in [-0.15, -0.1) is 0 Å². The molecule has 0 radical (unpaired) electrons. The Balaban J connectivity index is 1.66. The highest BCUT2D eigenvalue weighted by atomic mass is 79.9. The Morgan fingerprint density at radius 3 is 2.82 bits per heavy atom. The van der Waals surface area contributed by atoms with E-state index >= 15 is 0 Å². The fourth-order valence-electron chi connectivity index (χ4n) is 3.01. The summed E-state index contributed by atoms with van der Waals surface area (Å²) in [7, 11) is 1.74. The number of benzene rings is 1. The minimum Gasteiger partial charge on any atom is -0.493 e. The highest BCUT2D eigenvalue weighted by Gasteiger charge is 2.21. The van der Waals surface area contributed by atoms with Crippen LogP contribution in [0.1, 0.15) is 35.5 Å². The van der Waals surface area contributed by atoms with Crippen molar-refractivity contribution >= 4 is 33.8 Å². The van der Waals surface area contributed by atoms with Crippen LogP contribution in [0.25, 0.3) is 6.08 Å². The van der Waals surface area contributed by atoms with E-state index in [9.17, 15) is 9.59 Å². The maximum atomic E-state index is 12.1. The summed E-state index contributed by atoms with van der Waals surface area (Å²) in [5.41, 5.74) is 7.01. The molecule has 7 nitrogen and oxygen atoms in total. The second-order valence-corrected chi connectivity index (χ2v) is 7.41. The van der Waals surface area contributed by atoms with Gasteiger partial charge in [0.15, 0.2) is 0 Å². The van der Waals surface area contributed by atoms with Crippen LogP contribution in [0.2, 0.25) is 0 Å². The average Bonchev–Trinajstić information content (AvgIpc) is 3.17. The number of hydrogen-bond donors (Lipinski definition) is 2. The minimum absolute atomic E-state index is 0.125. The summed E-state index contributed by atoms with van der Waals surface area (Å²) in [6.07, 6.45) is 5.69. The number of carbonyl (C=O) groups is 2. The van der Waals surface area contributed by atoms with E-state index in [2.05, 4.69) is 26.8 Å². The van der Waals surface area contributed by atoms with E-state index in [1.165, 1.54) is 6.08 Å². The number of aromatic nitrogens is 1. The Morgan fingerprint density at radius 1 is 1.36 bits per heavy atom. The van der Waals surface area contributed by atoms with Gasteiger partial charge in [0.25, 0.3) is 11.8 Å². The van der Waals surface area contributed by atoms with Crippen LogP contribution in [0.5, 0.6) is 11.5 Å². The number of fused-ring (bicyclic) bond motifs is 1. The summed E-state index contributed by atoms with van der Waals surface area (Å²) < 4.78 is 13.9. The molecule has 1 aromatic carbocycles. The van der Waals surface area contributed by atoms with Crippen molar-refractivity contribution in [3.63, 3.8) is 0 Å². The van der Waals surface area contributed by atoms with Crippen LogP contribution in [0.3, 0.4) is 0 Å². The average molecular weight is 448 g/mol. The number of rotatable bonds is 5. The number of ether oxygens (including phenoxy) is 2. The van der Waals surface area contributed by atoms with Crippen LogP contribution in [0, 0.1) is 0 Å². The molecule has 0 aliphatic carbocycles. The Hall–Kier alpha value is -2.74. The topological polar surface area (TPSA) is 81.6 Å². The normalized spacial score (nSPS) is 15.2. The van der Waals surface area contributed by atoms with Gasteiger partial charge >= 0.3 is 0 Å². The van der Waals surface area contributed by atoms with Crippen molar-refractivity contribution < 1.29 is 19.1 Å². The Kier molecular flexibility index (Phi) is 6.08. The number of halogens is 1. The molecule has 1 aliphatic heterocycles. The van der Waals surface area contributed by atoms with Crippen LogP contribution in [-0.2, 0) is 18.3 Å². The van der Waals surface area contributed by atoms with Gasteiger partial charge in [-0.3, -0.25) is 20.4 Å². The van der Waals surface area contributed by atoms with Crippen molar-refractivity contribution in [3.8, 4) is 11.5 Å². The molecular formula is C20H22BrN3O4. The maximum Gasteiger partial charge on any atom is 0.286 e. The summed E-state index contributed by atoms with van der Waals surface area (Å²) in [5.74, 6) is 0.628. The smallest absolute Gasteiger partial charge is 0.286 e. The lowest BCUT2D eigenvalue weighted by Gasteiger charge is -2.10.